The summed E-state index contributed by atoms with van der Waals surface area (Å²) in [5.74, 6) is 0.360. The van der Waals surface area contributed by atoms with Crippen molar-refractivity contribution in [3.63, 3.8) is 0 Å². The minimum Gasteiger partial charge on any atom is -0.481 e. The quantitative estimate of drug-likeness (QED) is 0.824. The first-order chi connectivity index (χ1) is 8.41. The second-order valence-corrected chi connectivity index (χ2v) is 8.63. The van der Waals surface area contributed by atoms with E-state index in [1.807, 2.05) is 0 Å². The van der Waals surface area contributed by atoms with Gasteiger partial charge in [-0.05, 0) is 47.5 Å². The van der Waals surface area contributed by atoms with Gasteiger partial charge in [0.25, 0.3) is 0 Å². The largest absolute Gasteiger partial charge is 0.481 e. The Balaban J connectivity index is 3.08. The second-order valence-electron chi connectivity index (χ2n) is 8.63. The molecule has 0 aromatic rings. The number of carboxylic acid groups (broad SMARTS) is 1. The fraction of sp³-hybridized carbons (Fsp3) is 0.938. The van der Waals surface area contributed by atoms with Crippen LogP contribution >= 0.6 is 0 Å². The Labute approximate surface area is 118 Å². The van der Waals surface area contributed by atoms with Crippen LogP contribution in [-0.4, -0.2) is 17.6 Å². The number of carboxylic acids is 1. The van der Waals surface area contributed by atoms with E-state index in [2.05, 4.69) is 41.5 Å². The van der Waals surface area contributed by atoms with Gasteiger partial charge in [-0.3, -0.25) is 4.79 Å². The van der Waals surface area contributed by atoms with Gasteiger partial charge in [0.1, 0.15) is 0 Å². The van der Waals surface area contributed by atoms with E-state index in [9.17, 15) is 9.90 Å². The van der Waals surface area contributed by atoms with Gasteiger partial charge in [-0.1, -0.05) is 41.5 Å². The third-order valence-electron chi connectivity index (χ3n) is 4.98. The minimum absolute atomic E-state index is 0.202. The molecular weight excluding hydrogens is 238 g/mol. The molecule has 3 heteroatoms. The van der Waals surface area contributed by atoms with Crippen molar-refractivity contribution in [3.8, 4) is 0 Å². The Hall–Kier alpha value is -0.570. The molecule has 0 spiro atoms. The summed E-state index contributed by atoms with van der Waals surface area (Å²) in [6.45, 7) is 14.1. The summed E-state index contributed by atoms with van der Waals surface area (Å²) >= 11 is 0. The fourth-order valence-electron chi connectivity index (χ4n) is 3.82. The summed E-state index contributed by atoms with van der Waals surface area (Å²) < 4.78 is 0. The molecule has 0 saturated heterocycles. The van der Waals surface area contributed by atoms with Gasteiger partial charge in [0.05, 0.1) is 6.42 Å². The molecule has 0 unspecified atom stereocenters. The monoisotopic (exact) mass is 269 g/mol. The molecular formula is C16H31NO2. The van der Waals surface area contributed by atoms with Crippen LogP contribution in [0.3, 0.4) is 0 Å². The van der Waals surface area contributed by atoms with Gasteiger partial charge in [-0.2, -0.15) is 0 Å². The summed E-state index contributed by atoms with van der Waals surface area (Å²) in [5.41, 5.74) is 6.16. The summed E-state index contributed by atoms with van der Waals surface area (Å²) in [6.07, 6.45) is 2.10. The van der Waals surface area contributed by atoms with E-state index in [1.54, 1.807) is 0 Å². The van der Waals surface area contributed by atoms with Crippen LogP contribution in [0.4, 0.5) is 0 Å². The Morgan fingerprint density at radius 2 is 1.47 bits per heavy atom. The van der Waals surface area contributed by atoms with E-state index in [1.165, 1.54) is 0 Å². The van der Waals surface area contributed by atoms with Crippen molar-refractivity contribution in [2.75, 3.05) is 6.54 Å². The number of hydrogen-bond donors (Lipinski definition) is 2. The lowest BCUT2D eigenvalue weighted by atomic mass is 9.66. The third-order valence-corrected chi connectivity index (χ3v) is 4.98. The van der Waals surface area contributed by atoms with E-state index in [0.29, 0.717) is 18.4 Å². The highest BCUT2D eigenvalue weighted by Crippen LogP contribution is 2.58. The average Bonchev–Trinajstić information content (AvgIpc) is 2.56. The van der Waals surface area contributed by atoms with Crippen LogP contribution in [0.1, 0.15) is 60.8 Å². The molecule has 3 N–H and O–H groups in total. The van der Waals surface area contributed by atoms with Crippen molar-refractivity contribution in [3.05, 3.63) is 0 Å². The molecule has 1 fully saturated rings. The van der Waals surface area contributed by atoms with Crippen molar-refractivity contribution < 1.29 is 9.90 Å². The molecule has 1 aliphatic rings. The lowest BCUT2D eigenvalue weighted by Crippen LogP contribution is -2.32. The topological polar surface area (TPSA) is 63.3 Å². The zero-order chi connectivity index (χ0) is 15.1. The molecule has 0 aromatic carbocycles. The number of hydrogen-bond acceptors (Lipinski definition) is 2. The highest BCUT2D eigenvalue weighted by Gasteiger charge is 2.52. The van der Waals surface area contributed by atoms with E-state index in [4.69, 9.17) is 5.73 Å². The minimum atomic E-state index is -0.715. The van der Waals surface area contributed by atoms with Crippen LogP contribution in [-0.2, 0) is 4.79 Å². The van der Waals surface area contributed by atoms with E-state index >= 15 is 0 Å². The van der Waals surface area contributed by atoms with Crippen LogP contribution in [0, 0.1) is 28.1 Å². The maximum Gasteiger partial charge on any atom is 0.303 e. The molecule has 1 aliphatic carbocycles. The van der Waals surface area contributed by atoms with Crippen LogP contribution < -0.4 is 5.73 Å². The smallest absolute Gasteiger partial charge is 0.303 e. The normalized spacial score (nSPS) is 27.5. The van der Waals surface area contributed by atoms with Gasteiger partial charge in [0.15, 0.2) is 0 Å². The van der Waals surface area contributed by atoms with Gasteiger partial charge in [0.2, 0.25) is 0 Å². The van der Waals surface area contributed by atoms with Crippen molar-refractivity contribution in [2.24, 2.45) is 33.8 Å². The number of aliphatic carboxylic acids is 1. The SMILES string of the molecule is CC(C)(C)[C@H]1CC(CN)(CC(=O)O)C[C@@H]1C(C)(C)C. The lowest BCUT2D eigenvalue weighted by Gasteiger charge is -2.39. The van der Waals surface area contributed by atoms with Crippen LogP contribution in [0.15, 0.2) is 0 Å². The van der Waals surface area contributed by atoms with Crippen LogP contribution in [0.2, 0.25) is 0 Å². The molecule has 0 heterocycles. The molecule has 19 heavy (non-hydrogen) atoms. The molecule has 2 atom stereocenters. The predicted octanol–water partition coefficient (Wildman–Crippen LogP) is 3.52. The maximum atomic E-state index is 11.2. The second kappa shape index (κ2) is 5.08. The first-order valence-corrected chi connectivity index (χ1v) is 7.33. The van der Waals surface area contributed by atoms with Crippen LogP contribution in [0.25, 0.3) is 0 Å². The number of nitrogens with two attached hydrogens (primary N) is 1. The Bertz CT molecular complexity index is 314. The predicted molar refractivity (Wildman–Crippen MR) is 78.9 cm³/mol. The van der Waals surface area contributed by atoms with Gasteiger partial charge in [0, 0.05) is 0 Å². The van der Waals surface area contributed by atoms with Gasteiger partial charge in [-0.25, -0.2) is 0 Å². The Morgan fingerprint density at radius 1 is 1.11 bits per heavy atom. The van der Waals surface area contributed by atoms with Gasteiger partial charge >= 0.3 is 5.97 Å². The third kappa shape index (κ3) is 3.71. The van der Waals surface area contributed by atoms with E-state index in [-0.39, 0.29) is 22.7 Å². The summed E-state index contributed by atoms with van der Waals surface area (Å²) in [7, 11) is 0. The summed E-state index contributed by atoms with van der Waals surface area (Å²) in [5, 5.41) is 9.19. The molecule has 1 rings (SSSR count). The fourth-order valence-corrected chi connectivity index (χ4v) is 3.82. The molecule has 3 nitrogen and oxygen atoms in total. The first-order valence-electron chi connectivity index (χ1n) is 7.33. The molecule has 0 bridgehead atoms. The summed E-state index contributed by atoms with van der Waals surface area (Å²) in [6, 6.07) is 0. The molecule has 0 aliphatic heterocycles. The average molecular weight is 269 g/mol. The molecule has 112 valence electrons. The highest BCUT2D eigenvalue weighted by atomic mass is 16.4. The van der Waals surface area contributed by atoms with Crippen molar-refractivity contribution in [1.82, 2.24) is 0 Å². The molecule has 1 saturated carbocycles. The molecule has 0 amide bonds. The number of carbonyl (C=O) groups is 1. The van der Waals surface area contributed by atoms with E-state index in [0.717, 1.165) is 12.8 Å². The zero-order valence-electron chi connectivity index (χ0n) is 13.4. The van der Waals surface area contributed by atoms with Crippen LogP contribution in [0.5, 0.6) is 0 Å². The van der Waals surface area contributed by atoms with Gasteiger partial charge in [-0.15, -0.1) is 0 Å². The van der Waals surface area contributed by atoms with Crippen molar-refractivity contribution >= 4 is 5.97 Å². The zero-order valence-corrected chi connectivity index (χ0v) is 13.4. The number of rotatable bonds is 3. The Morgan fingerprint density at radius 3 is 1.68 bits per heavy atom. The van der Waals surface area contributed by atoms with Crippen molar-refractivity contribution in [2.45, 2.75) is 60.8 Å². The molecule has 0 radical (unpaired) electrons. The highest BCUT2D eigenvalue weighted by molar-refractivity contribution is 5.67. The maximum absolute atomic E-state index is 11.2. The molecule has 0 aromatic heterocycles. The standard InChI is InChI=1S/C16H31NO2/c1-14(2,3)11-7-16(10-17,9-13(18)19)8-12(11)15(4,5)6/h11-12H,7-10,17H2,1-6H3,(H,18,19)/t11-,12-/m0/s1. The summed E-state index contributed by atoms with van der Waals surface area (Å²) in [4.78, 5) is 11.2. The Kier molecular flexibility index (Phi) is 4.41. The first kappa shape index (κ1) is 16.5. The van der Waals surface area contributed by atoms with Crippen molar-refractivity contribution in [1.29, 1.82) is 0 Å². The van der Waals surface area contributed by atoms with Gasteiger partial charge < -0.3 is 10.8 Å². The van der Waals surface area contributed by atoms with E-state index < -0.39 is 5.97 Å². The lowest BCUT2D eigenvalue weighted by molar-refractivity contribution is -0.139.